The summed E-state index contributed by atoms with van der Waals surface area (Å²) in [5.41, 5.74) is 3.77. The van der Waals surface area contributed by atoms with E-state index in [1.54, 1.807) is 22.2 Å². The van der Waals surface area contributed by atoms with Gasteiger partial charge in [-0.2, -0.15) is 0 Å². The van der Waals surface area contributed by atoms with Crippen molar-refractivity contribution < 1.29 is 0 Å². The van der Waals surface area contributed by atoms with E-state index >= 15 is 0 Å². The smallest absolute Gasteiger partial charge is 0.280 e. The van der Waals surface area contributed by atoms with Crippen molar-refractivity contribution >= 4 is 33.1 Å². The molecule has 4 aromatic rings. The quantitative estimate of drug-likeness (QED) is 0.601. The van der Waals surface area contributed by atoms with Crippen LogP contribution in [0.2, 0.25) is 0 Å². The largest absolute Gasteiger partial charge is 0.290 e. The molecule has 122 valence electrons. The van der Waals surface area contributed by atoms with Gasteiger partial charge in [0.15, 0.2) is 0 Å². The molecule has 0 saturated carbocycles. The van der Waals surface area contributed by atoms with Gasteiger partial charge in [-0.15, -0.1) is 11.3 Å². The number of rotatable bonds is 3. The second-order valence-corrected chi connectivity index (χ2v) is 7.68. The Labute approximate surface area is 143 Å². The summed E-state index contributed by atoms with van der Waals surface area (Å²) >= 11 is 1.70. The second kappa shape index (κ2) is 5.60. The molecule has 0 atom stereocenters. The Morgan fingerprint density at radius 2 is 2.08 bits per heavy atom. The van der Waals surface area contributed by atoms with Crippen LogP contribution in [0, 0.1) is 12.8 Å². The average Bonchev–Trinajstić information content (AvgIpc) is 3.11. The molecule has 24 heavy (non-hydrogen) atoms. The predicted molar refractivity (Wildman–Crippen MR) is 100 cm³/mol. The SMILES string of the molecule is Cc1ccc2c(c1)ncc1c(=O)n(-c3csc(CC(C)C)c3)[nH]c12. The van der Waals surface area contributed by atoms with Gasteiger partial charge in [0.05, 0.1) is 22.1 Å². The molecule has 3 aromatic heterocycles. The minimum absolute atomic E-state index is 0.0473. The standard InChI is InChI=1S/C19H19N3OS/c1-11(2)6-14-8-13(10-24-14)22-19(23)16-9-20-17-7-12(3)4-5-15(17)18(16)21-22/h4-5,7-11,21H,6H2,1-3H3. The zero-order valence-corrected chi connectivity index (χ0v) is 14.8. The fourth-order valence-corrected chi connectivity index (χ4v) is 4.11. The molecular formula is C19H19N3OS. The van der Waals surface area contributed by atoms with Gasteiger partial charge in [-0.3, -0.25) is 14.9 Å². The Balaban J connectivity index is 1.90. The summed E-state index contributed by atoms with van der Waals surface area (Å²) in [5.74, 6) is 0.604. The van der Waals surface area contributed by atoms with Crippen LogP contribution in [0.3, 0.4) is 0 Å². The lowest BCUT2D eigenvalue weighted by molar-refractivity contribution is 0.654. The minimum Gasteiger partial charge on any atom is -0.290 e. The van der Waals surface area contributed by atoms with E-state index in [4.69, 9.17) is 0 Å². The molecule has 4 nitrogen and oxygen atoms in total. The van der Waals surface area contributed by atoms with Crippen LogP contribution in [0.1, 0.15) is 24.3 Å². The summed E-state index contributed by atoms with van der Waals surface area (Å²) in [6.07, 6.45) is 2.71. The van der Waals surface area contributed by atoms with E-state index in [1.165, 1.54) is 4.88 Å². The molecule has 3 heterocycles. The number of thiophene rings is 1. The molecule has 4 rings (SSSR count). The van der Waals surface area contributed by atoms with E-state index in [0.29, 0.717) is 11.3 Å². The highest BCUT2D eigenvalue weighted by atomic mass is 32.1. The minimum atomic E-state index is -0.0473. The number of hydrogen-bond donors (Lipinski definition) is 1. The van der Waals surface area contributed by atoms with Gasteiger partial charge in [-0.1, -0.05) is 26.0 Å². The molecule has 0 aliphatic rings. The first kappa shape index (κ1) is 15.1. The molecule has 1 aromatic carbocycles. The van der Waals surface area contributed by atoms with E-state index in [9.17, 15) is 4.79 Å². The Kier molecular flexibility index (Phi) is 3.53. The fourth-order valence-electron chi connectivity index (χ4n) is 3.05. The lowest BCUT2D eigenvalue weighted by Gasteiger charge is -2.00. The highest BCUT2D eigenvalue weighted by molar-refractivity contribution is 7.10. The monoisotopic (exact) mass is 337 g/mol. The molecule has 0 bridgehead atoms. The third-order valence-electron chi connectivity index (χ3n) is 4.19. The average molecular weight is 337 g/mol. The van der Waals surface area contributed by atoms with Gasteiger partial charge in [-0.25, -0.2) is 4.68 Å². The number of aromatic amines is 1. The van der Waals surface area contributed by atoms with Gasteiger partial charge in [-0.05, 0) is 37.0 Å². The van der Waals surface area contributed by atoms with Crippen molar-refractivity contribution in [3.05, 3.63) is 56.6 Å². The van der Waals surface area contributed by atoms with Crippen LogP contribution in [-0.4, -0.2) is 14.8 Å². The van der Waals surface area contributed by atoms with Crippen molar-refractivity contribution in [3.8, 4) is 5.69 Å². The van der Waals surface area contributed by atoms with E-state index < -0.39 is 0 Å². The van der Waals surface area contributed by atoms with Gasteiger partial charge in [0, 0.05) is 21.8 Å². The topological polar surface area (TPSA) is 50.7 Å². The number of benzene rings is 1. The molecule has 0 unspecified atom stereocenters. The van der Waals surface area contributed by atoms with Gasteiger partial charge in [0.25, 0.3) is 5.56 Å². The van der Waals surface area contributed by atoms with E-state index in [0.717, 1.165) is 34.1 Å². The number of aryl methyl sites for hydroxylation is 1. The number of nitrogens with one attached hydrogen (secondary N) is 1. The van der Waals surface area contributed by atoms with Crippen molar-refractivity contribution in [1.29, 1.82) is 0 Å². The van der Waals surface area contributed by atoms with Crippen LogP contribution in [-0.2, 0) is 6.42 Å². The lowest BCUT2D eigenvalue weighted by atomic mass is 10.1. The van der Waals surface area contributed by atoms with E-state index in [1.807, 2.05) is 30.5 Å². The first-order valence-corrected chi connectivity index (χ1v) is 8.99. The van der Waals surface area contributed by atoms with Crippen molar-refractivity contribution in [1.82, 2.24) is 14.8 Å². The maximum absolute atomic E-state index is 12.8. The highest BCUT2D eigenvalue weighted by Crippen LogP contribution is 2.24. The zero-order chi connectivity index (χ0) is 16.8. The van der Waals surface area contributed by atoms with Crippen LogP contribution in [0.4, 0.5) is 0 Å². The summed E-state index contributed by atoms with van der Waals surface area (Å²) in [4.78, 5) is 18.5. The van der Waals surface area contributed by atoms with Gasteiger partial charge < -0.3 is 0 Å². The summed E-state index contributed by atoms with van der Waals surface area (Å²) in [6.45, 7) is 6.45. The van der Waals surface area contributed by atoms with Crippen LogP contribution in [0.25, 0.3) is 27.5 Å². The maximum Gasteiger partial charge on any atom is 0.280 e. The first-order valence-electron chi connectivity index (χ1n) is 8.11. The summed E-state index contributed by atoms with van der Waals surface area (Å²) in [5, 5.41) is 6.92. The third-order valence-corrected chi connectivity index (χ3v) is 5.14. The van der Waals surface area contributed by atoms with Crippen molar-refractivity contribution in [2.75, 3.05) is 0 Å². The molecular weight excluding hydrogens is 318 g/mol. The van der Waals surface area contributed by atoms with Gasteiger partial charge >= 0.3 is 0 Å². The van der Waals surface area contributed by atoms with Crippen molar-refractivity contribution in [3.63, 3.8) is 0 Å². The van der Waals surface area contributed by atoms with Crippen molar-refractivity contribution in [2.45, 2.75) is 27.2 Å². The van der Waals surface area contributed by atoms with E-state index in [-0.39, 0.29) is 5.56 Å². The molecule has 5 heteroatoms. The molecule has 0 amide bonds. The molecule has 0 aliphatic carbocycles. The molecule has 0 aliphatic heterocycles. The number of H-pyrrole nitrogens is 1. The zero-order valence-electron chi connectivity index (χ0n) is 14.0. The molecule has 0 spiro atoms. The lowest BCUT2D eigenvalue weighted by Crippen LogP contribution is -2.13. The fraction of sp³-hybridized carbons (Fsp3) is 0.263. The van der Waals surface area contributed by atoms with Gasteiger partial charge in [0.2, 0.25) is 0 Å². The first-order chi connectivity index (χ1) is 11.5. The van der Waals surface area contributed by atoms with Crippen LogP contribution >= 0.6 is 11.3 Å². The van der Waals surface area contributed by atoms with Crippen LogP contribution < -0.4 is 5.56 Å². The summed E-state index contributed by atoms with van der Waals surface area (Å²) in [7, 11) is 0. The Morgan fingerprint density at radius 1 is 1.25 bits per heavy atom. The van der Waals surface area contributed by atoms with E-state index in [2.05, 4.69) is 30.0 Å². The van der Waals surface area contributed by atoms with Gasteiger partial charge in [0.1, 0.15) is 0 Å². The number of pyridine rings is 1. The predicted octanol–water partition coefficient (Wildman–Crippen LogP) is 4.44. The number of aromatic nitrogens is 3. The molecule has 1 N–H and O–H groups in total. The normalized spacial score (nSPS) is 11.8. The van der Waals surface area contributed by atoms with Crippen LogP contribution in [0.5, 0.6) is 0 Å². The number of hydrogen-bond acceptors (Lipinski definition) is 3. The number of nitrogens with zero attached hydrogens (tertiary/aromatic N) is 2. The molecule has 0 radical (unpaired) electrons. The highest BCUT2D eigenvalue weighted by Gasteiger charge is 2.13. The maximum atomic E-state index is 12.8. The molecule has 0 saturated heterocycles. The molecule has 0 fully saturated rings. The van der Waals surface area contributed by atoms with Crippen molar-refractivity contribution in [2.24, 2.45) is 5.92 Å². The summed E-state index contributed by atoms with van der Waals surface area (Å²) in [6, 6.07) is 8.21. The number of fused-ring (bicyclic) bond motifs is 3. The Morgan fingerprint density at radius 3 is 2.88 bits per heavy atom. The third kappa shape index (κ3) is 2.45. The summed E-state index contributed by atoms with van der Waals surface area (Å²) < 4.78 is 1.63. The van der Waals surface area contributed by atoms with Crippen LogP contribution in [0.15, 0.2) is 40.6 Å². The second-order valence-electron chi connectivity index (χ2n) is 6.69. The Bertz CT molecular complexity index is 1100. The Hall–Kier alpha value is -2.40.